The Hall–Kier alpha value is -0.780. The fraction of sp³-hybridized carbons (Fsp3) is 0.167. The van der Waals surface area contributed by atoms with Gasteiger partial charge >= 0.3 is 0 Å². The molecule has 0 aliphatic heterocycles. The molecule has 0 aliphatic rings. The highest BCUT2D eigenvalue weighted by atomic mass is 79.9. The van der Waals surface area contributed by atoms with Crippen LogP contribution in [0.2, 0.25) is 0 Å². The quantitative estimate of drug-likeness (QED) is 0.840. The van der Waals surface area contributed by atoms with Crippen molar-refractivity contribution < 1.29 is 8.78 Å². The van der Waals surface area contributed by atoms with E-state index in [9.17, 15) is 8.78 Å². The van der Waals surface area contributed by atoms with Crippen LogP contribution < -0.4 is 5.32 Å². The number of rotatable bonds is 3. The number of nitrogens with one attached hydrogen (secondary N) is 1. The van der Waals surface area contributed by atoms with E-state index in [1.807, 2.05) is 17.5 Å². The van der Waals surface area contributed by atoms with E-state index in [-0.39, 0.29) is 10.5 Å². The molecule has 17 heavy (non-hydrogen) atoms. The number of hydrogen-bond donors (Lipinski definition) is 1. The van der Waals surface area contributed by atoms with Crippen molar-refractivity contribution in [2.75, 3.05) is 7.05 Å². The first-order valence-electron chi connectivity index (χ1n) is 4.99. The summed E-state index contributed by atoms with van der Waals surface area (Å²) in [7, 11) is 1.79. The first-order chi connectivity index (χ1) is 8.15. The summed E-state index contributed by atoms with van der Waals surface area (Å²) >= 11 is 4.68. The maximum absolute atomic E-state index is 13.5. The smallest absolute Gasteiger partial charge is 0.173 e. The molecule has 0 amide bonds. The summed E-state index contributed by atoms with van der Waals surface area (Å²) in [5, 5.41) is 5.05. The Morgan fingerprint density at radius 2 is 2.06 bits per heavy atom. The van der Waals surface area contributed by atoms with Gasteiger partial charge < -0.3 is 5.32 Å². The molecule has 0 radical (unpaired) electrons. The summed E-state index contributed by atoms with van der Waals surface area (Å²) in [5.74, 6) is -1.69. The average Bonchev–Trinajstić information content (AvgIpc) is 2.84. The SMILES string of the molecule is CNC(c1cccs1)c1ccc(F)c(F)c1Br. The maximum atomic E-state index is 13.5. The minimum Gasteiger partial charge on any atom is -0.309 e. The molecular formula is C12H10BrF2NS. The van der Waals surface area contributed by atoms with Crippen LogP contribution in [0.3, 0.4) is 0 Å². The zero-order chi connectivity index (χ0) is 12.4. The predicted octanol–water partition coefficient (Wildman–Crippen LogP) is 4.10. The predicted molar refractivity (Wildman–Crippen MR) is 69.3 cm³/mol. The van der Waals surface area contributed by atoms with Gasteiger partial charge in [0, 0.05) is 4.88 Å². The van der Waals surface area contributed by atoms with Gasteiger partial charge in [0.2, 0.25) is 0 Å². The van der Waals surface area contributed by atoms with Crippen molar-refractivity contribution in [2.24, 2.45) is 0 Å². The largest absolute Gasteiger partial charge is 0.309 e. The maximum Gasteiger partial charge on any atom is 0.173 e. The standard InChI is InChI=1S/C12H10BrF2NS/c1-16-12(9-3-2-6-17-9)7-4-5-8(14)11(15)10(7)13/h2-6,12,16H,1H3. The Kier molecular flexibility index (Phi) is 3.91. The van der Waals surface area contributed by atoms with E-state index in [4.69, 9.17) is 0 Å². The summed E-state index contributed by atoms with van der Waals surface area (Å²) in [6.45, 7) is 0. The summed E-state index contributed by atoms with van der Waals surface area (Å²) in [4.78, 5) is 1.05. The lowest BCUT2D eigenvalue weighted by atomic mass is 10.1. The van der Waals surface area contributed by atoms with Crippen LogP contribution in [-0.4, -0.2) is 7.05 Å². The van der Waals surface area contributed by atoms with E-state index in [0.29, 0.717) is 5.56 Å². The third-order valence-corrected chi connectivity index (χ3v) is 4.24. The summed E-state index contributed by atoms with van der Waals surface area (Å²) < 4.78 is 26.7. The van der Waals surface area contributed by atoms with Gasteiger partial charge in [-0.1, -0.05) is 12.1 Å². The summed E-state index contributed by atoms with van der Waals surface area (Å²) in [5.41, 5.74) is 0.689. The first kappa shape index (κ1) is 12.7. The number of benzene rings is 1. The average molecular weight is 318 g/mol. The Bertz CT molecular complexity index is 513. The molecular weight excluding hydrogens is 308 g/mol. The molecule has 0 fully saturated rings. The molecule has 1 aromatic carbocycles. The third-order valence-electron chi connectivity index (χ3n) is 2.49. The van der Waals surface area contributed by atoms with Gasteiger partial charge in [0.15, 0.2) is 11.6 Å². The van der Waals surface area contributed by atoms with Crippen LogP contribution in [0.25, 0.3) is 0 Å². The molecule has 1 aromatic heterocycles. The van der Waals surface area contributed by atoms with Gasteiger partial charge in [0.1, 0.15) is 0 Å². The summed E-state index contributed by atoms with van der Waals surface area (Å²) in [6, 6.07) is 6.48. The number of halogens is 3. The van der Waals surface area contributed by atoms with Crippen molar-refractivity contribution in [3.63, 3.8) is 0 Å². The van der Waals surface area contributed by atoms with Gasteiger partial charge in [0.05, 0.1) is 10.5 Å². The Labute approximate surface area is 111 Å². The summed E-state index contributed by atoms with van der Waals surface area (Å²) in [6.07, 6.45) is 0. The zero-order valence-electron chi connectivity index (χ0n) is 9.01. The van der Waals surface area contributed by atoms with Crippen LogP contribution in [0.5, 0.6) is 0 Å². The molecule has 1 unspecified atom stereocenters. The highest BCUT2D eigenvalue weighted by Crippen LogP contribution is 2.33. The van der Waals surface area contributed by atoms with Crippen molar-refractivity contribution in [1.82, 2.24) is 5.32 Å². The van der Waals surface area contributed by atoms with Crippen LogP contribution in [0.4, 0.5) is 8.78 Å². The van der Waals surface area contributed by atoms with Gasteiger partial charge in [-0.05, 0) is 46.1 Å². The molecule has 0 bridgehead atoms. The lowest BCUT2D eigenvalue weighted by Gasteiger charge is -2.17. The van der Waals surface area contributed by atoms with E-state index in [1.54, 1.807) is 24.5 Å². The van der Waals surface area contributed by atoms with Crippen LogP contribution in [0.1, 0.15) is 16.5 Å². The second kappa shape index (κ2) is 5.25. The van der Waals surface area contributed by atoms with Crippen molar-refractivity contribution >= 4 is 27.3 Å². The van der Waals surface area contributed by atoms with E-state index in [2.05, 4.69) is 21.2 Å². The second-order valence-corrected chi connectivity index (χ2v) is 5.27. The molecule has 1 atom stereocenters. The highest BCUT2D eigenvalue weighted by Gasteiger charge is 2.19. The van der Waals surface area contributed by atoms with E-state index in [1.165, 1.54) is 0 Å². The molecule has 1 nitrogen and oxygen atoms in total. The van der Waals surface area contributed by atoms with Gasteiger partial charge in [-0.15, -0.1) is 11.3 Å². The second-order valence-electron chi connectivity index (χ2n) is 3.50. The van der Waals surface area contributed by atoms with Crippen molar-refractivity contribution in [3.05, 3.63) is 56.2 Å². The van der Waals surface area contributed by atoms with Crippen molar-refractivity contribution in [2.45, 2.75) is 6.04 Å². The van der Waals surface area contributed by atoms with Gasteiger partial charge in [0.25, 0.3) is 0 Å². The van der Waals surface area contributed by atoms with E-state index < -0.39 is 11.6 Å². The molecule has 5 heteroatoms. The van der Waals surface area contributed by atoms with E-state index in [0.717, 1.165) is 10.9 Å². The molecule has 0 saturated heterocycles. The minimum atomic E-state index is -0.848. The third kappa shape index (κ3) is 2.41. The van der Waals surface area contributed by atoms with Crippen LogP contribution in [0, 0.1) is 11.6 Å². The van der Waals surface area contributed by atoms with Crippen LogP contribution in [0.15, 0.2) is 34.1 Å². The van der Waals surface area contributed by atoms with Gasteiger partial charge in [-0.3, -0.25) is 0 Å². The molecule has 1 N–H and O–H groups in total. The molecule has 2 rings (SSSR count). The molecule has 1 heterocycles. The number of thiophene rings is 1. The Morgan fingerprint density at radius 3 is 2.65 bits per heavy atom. The van der Waals surface area contributed by atoms with E-state index >= 15 is 0 Å². The fourth-order valence-electron chi connectivity index (χ4n) is 1.67. The van der Waals surface area contributed by atoms with Crippen LogP contribution >= 0.6 is 27.3 Å². The number of hydrogen-bond acceptors (Lipinski definition) is 2. The monoisotopic (exact) mass is 317 g/mol. The molecule has 0 saturated carbocycles. The molecule has 0 spiro atoms. The van der Waals surface area contributed by atoms with Crippen molar-refractivity contribution in [1.29, 1.82) is 0 Å². The van der Waals surface area contributed by atoms with Crippen molar-refractivity contribution in [3.8, 4) is 0 Å². The van der Waals surface area contributed by atoms with Crippen LogP contribution in [-0.2, 0) is 0 Å². The zero-order valence-corrected chi connectivity index (χ0v) is 11.4. The molecule has 2 aromatic rings. The first-order valence-corrected chi connectivity index (χ1v) is 6.66. The topological polar surface area (TPSA) is 12.0 Å². The highest BCUT2D eigenvalue weighted by molar-refractivity contribution is 9.10. The lowest BCUT2D eigenvalue weighted by Crippen LogP contribution is -2.17. The normalized spacial score (nSPS) is 12.7. The molecule has 0 aliphatic carbocycles. The van der Waals surface area contributed by atoms with Gasteiger partial charge in [-0.25, -0.2) is 8.78 Å². The lowest BCUT2D eigenvalue weighted by molar-refractivity contribution is 0.500. The minimum absolute atomic E-state index is 0.139. The molecule has 90 valence electrons. The Balaban J connectivity index is 2.49. The fourth-order valence-corrected chi connectivity index (χ4v) is 3.07. The Morgan fingerprint density at radius 1 is 1.29 bits per heavy atom. The van der Waals surface area contributed by atoms with Gasteiger partial charge in [-0.2, -0.15) is 0 Å².